The maximum absolute atomic E-state index is 14.1. The van der Waals surface area contributed by atoms with Crippen molar-refractivity contribution in [1.82, 2.24) is 75.5 Å². The fourth-order valence-electron chi connectivity index (χ4n) is 16.8. The average molecular weight is 1890 g/mol. The Labute approximate surface area is 789 Å². The fraction of sp³-hybridized carbons (Fsp3) is 0.417. The van der Waals surface area contributed by atoms with Crippen LogP contribution in [-0.2, 0) is 57.2 Å². The van der Waals surface area contributed by atoms with Gasteiger partial charge < -0.3 is 85.4 Å². The summed E-state index contributed by atoms with van der Waals surface area (Å²) in [5.41, 5.74) is 13.6. The lowest BCUT2D eigenvalue weighted by molar-refractivity contribution is -0.138. The molecule has 2 unspecified atom stereocenters. The molecule has 12 heterocycles. The standard InChI is InChI=1S/C48H56FN11O8.C27H28FN7O2.C21H30N4O7/c49-35-5-1-4-33(28-35)40-7-3-17-59(40)44-13-12-42-52-30-41(60(42)56-44)38-6-2-8-43(53-38)58-20-18-57(19-21-58)31-46(63)51-16-23-67-25-27-68-26-24-66-22-15-50-36-10-9-34(32-61)37(29-36)47(64)54-39-11-14-45(62)55-48(39)65;28-20-5-1-4-19(16-20)22-7-3-11-34(22)26-10-9-24-29-17-23(35(24)31-26)21-6-2-8-25(30-21)33-14-12-32(13-15-33)18-27(36)37;22-5-7-30-9-11-32-12-10-31-8-6-23-16-2-1-15(14-26)17(13-16)20(28)24-18-3-4-19(27)25-21(18)29/h1-2,4-6,8-10,12-13,28-30,32,39-40,50H,3,7,11,14-27,31H2,(H,51,63)(H,54,64)(H,55,62,65);1-2,4-6,8-10,16-17,22H,3,7,11-15,18H2,(H,36,37);1-2,13-14,18,23H,3-12,22H2,(H,24,28)(H,25,27,29)/t39?,40-;22-;/m11./s1. The molecule has 10 N–H and O–H groups in total. The van der Waals surface area contributed by atoms with Gasteiger partial charge in [-0.05, 0) is 159 Å². The van der Waals surface area contributed by atoms with E-state index in [1.165, 1.54) is 36.4 Å². The third kappa shape index (κ3) is 28.0. The van der Waals surface area contributed by atoms with E-state index in [9.17, 15) is 56.7 Å². The number of imide groups is 2. The largest absolute Gasteiger partial charge is 0.480 e. The quantitative estimate of drug-likeness (QED) is 0.0121. The molecule has 7 amide bonds. The lowest BCUT2D eigenvalue weighted by Gasteiger charge is -2.35. The second-order valence-corrected chi connectivity index (χ2v) is 33.2. The number of piperazine rings is 2. The summed E-state index contributed by atoms with van der Waals surface area (Å²) in [6.45, 7) is 14.5. The van der Waals surface area contributed by atoms with Crippen LogP contribution in [0.3, 0.4) is 0 Å². The van der Waals surface area contributed by atoms with E-state index in [0.717, 1.165) is 128 Å². The highest BCUT2D eigenvalue weighted by Crippen LogP contribution is 2.38. The molecule has 6 fully saturated rings. The zero-order valence-corrected chi connectivity index (χ0v) is 76.0. The first-order valence-electron chi connectivity index (χ1n) is 46.1. The number of aromatic nitrogens is 8. The number of hydrogen-bond donors (Lipinski definition) is 9. The summed E-state index contributed by atoms with van der Waals surface area (Å²) in [5, 5.41) is 37.7. The van der Waals surface area contributed by atoms with Gasteiger partial charge in [0, 0.05) is 127 Å². The number of carbonyl (C=O) groups excluding carboxylic acids is 9. The topological polar surface area (TPSA) is 462 Å². The number of carboxylic acid groups (broad SMARTS) is 1. The van der Waals surface area contributed by atoms with E-state index < -0.39 is 41.7 Å². The van der Waals surface area contributed by atoms with Crippen molar-refractivity contribution in [3.05, 3.63) is 203 Å². The lowest BCUT2D eigenvalue weighted by atomic mass is 10.0. The minimum Gasteiger partial charge on any atom is -0.480 e. The number of hydrogen-bond acceptors (Lipinski definition) is 31. The Hall–Kier alpha value is -13.8. The van der Waals surface area contributed by atoms with Crippen LogP contribution in [0.1, 0.15) is 116 Å². The Balaban J connectivity index is 0.000000182. The first kappa shape index (κ1) is 99.2. The number of piperidine rings is 2. The molecule has 6 aromatic heterocycles. The van der Waals surface area contributed by atoms with Gasteiger partial charge in [-0.2, -0.15) is 0 Å². The molecule has 0 aliphatic carbocycles. The number of amides is 7. The van der Waals surface area contributed by atoms with Crippen molar-refractivity contribution in [2.24, 2.45) is 5.73 Å². The van der Waals surface area contributed by atoms with Crippen LogP contribution in [-0.4, -0.2) is 310 Å². The van der Waals surface area contributed by atoms with E-state index in [1.807, 2.05) is 86.7 Å². The van der Waals surface area contributed by atoms with Crippen molar-refractivity contribution in [3.63, 3.8) is 0 Å². The number of nitrogens with one attached hydrogen (secondary N) is 7. The molecular weight excluding hydrogens is 1770 g/mol. The zero-order chi connectivity index (χ0) is 95.8. The van der Waals surface area contributed by atoms with Gasteiger partial charge in [0.15, 0.2) is 23.9 Å². The fourth-order valence-corrected chi connectivity index (χ4v) is 16.8. The van der Waals surface area contributed by atoms with E-state index >= 15 is 0 Å². The average Bonchev–Trinajstić information content (AvgIpc) is 1.64. The molecule has 4 atom stereocenters. The molecule has 0 saturated carbocycles. The number of fused-ring (bicyclic) bond motifs is 2. The van der Waals surface area contributed by atoms with Crippen LogP contribution in [0.5, 0.6) is 0 Å². The maximum Gasteiger partial charge on any atom is 0.317 e. The Kier molecular flexibility index (Phi) is 36.3. The summed E-state index contributed by atoms with van der Waals surface area (Å²) in [7, 11) is 0. The zero-order valence-electron chi connectivity index (χ0n) is 76.0. The van der Waals surface area contributed by atoms with E-state index in [2.05, 4.69) is 71.7 Å². The Morgan fingerprint density at radius 3 is 1.29 bits per heavy atom. The second kappa shape index (κ2) is 50.2. The van der Waals surface area contributed by atoms with Crippen LogP contribution in [0.2, 0.25) is 0 Å². The number of aliphatic carboxylic acids is 1. The van der Waals surface area contributed by atoms with Gasteiger partial charge in [0.25, 0.3) is 11.8 Å². The minimum absolute atomic E-state index is 0.0476. The number of nitrogens with two attached hydrogens (primary N) is 1. The molecule has 137 heavy (non-hydrogen) atoms. The number of aldehydes is 2. The van der Waals surface area contributed by atoms with Crippen molar-refractivity contribution < 1.29 is 90.3 Å². The van der Waals surface area contributed by atoms with Crippen LogP contribution in [0.25, 0.3) is 34.1 Å². The number of anilines is 6. The number of ether oxygens (including phenoxy) is 6. The molecule has 41 heteroatoms. The van der Waals surface area contributed by atoms with Crippen LogP contribution >= 0.6 is 0 Å². The SMILES string of the molecule is NCCOCCOCCOCCNc1ccc(C=O)c(C(=O)NC2CCC(=O)NC2=O)c1.O=C(O)CN1CCN(c2cccc(-c3cnc4ccc(N5CCC[C@@H]5c5cccc(F)c5)nn34)n2)CC1.O=Cc1ccc(NCCOCCOCCOCCNC(=O)CN2CCN(c3cccc(-c4cnc5ccc(N6CCC[C@@H]6c6cccc(F)c6)nn45)n3)CC2)cc1C(=O)NC1CCC(=O)NC1=O. The van der Waals surface area contributed by atoms with Crippen molar-refractivity contribution in [1.29, 1.82) is 0 Å². The monoisotopic (exact) mass is 1880 g/mol. The lowest BCUT2D eigenvalue weighted by Crippen LogP contribution is -2.52. The Morgan fingerprint density at radius 2 is 0.876 bits per heavy atom. The highest BCUT2D eigenvalue weighted by atomic mass is 19.1. The van der Waals surface area contributed by atoms with E-state index in [0.29, 0.717) is 168 Å². The summed E-state index contributed by atoms with van der Waals surface area (Å²) in [6, 6.07) is 41.3. The van der Waals surface area contributed by atoms with Gasteiger partial charge >= 0.3 is 5.97 Å². The van der Waals surface area contributed by atoms with Crippen molar-refractivity contribution >= 4 is 106 Å². The molecule has 0 bridgehead atoms. The van der Waals surface area contributed by atoms with Crippen LogP contribution in [0.15, 0.2) is 158 Å². The molecule has 10 aromatic rings. The highest BCUT2D eigenvalue weighted by molar-refractivity contribution is 6.08. The van der Waals surface area contributed by atoms with Crippen LogP contribution in [0, 0.1) is 11.6 Å². The van der Waals surface area contributed by atoms with E-state index in [4.69, 9.17) is 59.4 Å². The highest BCUT2D eigenvalue weighted by Gasteiger charge is 2.34. The smallest absolute Gasteiger partial charge is 0.317 e. The summed E-state index contributed by atoms with van der Waals surface area (Å²) in [5.74, 6) is -1.02. The number of carboxylic acids is 1. The van der Waals surface area contributed by atoms with Gasteiger partial charge in [-0.25, -0.2) is 37.7 Å². The minimum atomic E-state index is -0.855. The molecule has 724 valence electrons. The molecule has 6 aliphatic heterocycles. The van der Waals surface area contributed by atoms with Gasteiger partial charge in [-0.15, -0.1) is 10.2 Å². The Bertz CT molecular complexity index is 5820. The molecule has 0 radical (unpaired) electrons. The van der Waals surface area contributed by atoms with Gasteiger partial charge in [0.1, 0.15) is 58.4 Å². The number of nitrogens with zero attached hydrogens (tertiary/aromatic N) is 14. The van der Waals surface area contributed by atoms with Gasteiger partial charge in [-0.3, -0.25) is 68.4 Å². The van der Waals surface area contributed by atoms with Crippen molar-refractivity contribution in [3.8, 4) is 22.8 Å². The summed E-state index contributed by atoms with van der Waals surface area (Å²) >= 11 is 0. The predicted molar refractivity (Wildman–Crippen MR) is 504 cm³/mol. The predicted octanol–water partition coefficient (Wildman–Crippen LogP) is 5.95. The number of imidazole rings is 2. The second-order valence-electron chi connectivity index (χ2n) is 33.2. The maximum atomic E-state index is 14.1. The summed E-state index contributed by atoms with van der Waals surface area (Å²) in [6.07, 6.45) is 9.28. The van der Waals surface area contributed by atoms with Crippen molar-refractivity contribution in [2.75, 3.05) is 214 Å². The summed E-state index contributed by atoms with van der Waals surface area (Å²) in [4.78, 5) is 151. The number of benzene rings is 4. The molecular formula is C96H114F2N22O17. The first-order valence-corrected chi connectivity index (χ1v) is 46.1. The number of pyridine rings is 2. The van der Waals surface area contributed by atoms with E-state index in [1.54, 1.807) is 48.8 Å². The molecule has 0 spiro atoms. The third-order valence-corrected chi connectivity index (χ3v) is 23.8. The molecule has 39 nitrogen and oxygen atoms in total. The Morgan fingerprint density at radius 1 is 0.460 bits per heavy atom. The van der Waals surface area contributed by atoms with Gasteiger partial charge in [0.05, 0.1) is 139 Å². The number of halogens is 2. The van der Waals surface area contributed by atoms with Crippen LogP contribution < -0.4 is 62.6 Å². The number of rotatable bonds is 43. The third-order valence-electron chi connectivity index (χ3n) is 23.8. The summed E-state index contributed by atoms with van der Waals surface area (Å²) < 4.78 is 64.5. The van der Waals surface area contributed by atoms with Gasteiger partial charge in [0.2, 0.25) is 29.5 Å². The molecule has 6 saturated heterocycles. The van der Waals surface area contributed by atoms with Gasteiger partial charge in [-0.1, -0.05) is 36.4 Å². The first-order chi connectivity index (χ1) is 66.8. The van der Waals surface area contributed by atoms with Crippen LogP contribution in [0.4, 0.5) is 43.4 Å². The molecule has 6 aliphatic rings. The van der Waals surface area contributed by atoms with Crippen molar-refractivity contribution in [2.45, 2.75) is 75.5 Å². The number of carbonyl (C=O) groups is 10. The molecule has 16 rings (SSSR count). The molecule has 4 aromatic carbocycles. The normalized spacial score (nSPS) is 17.5. The van der Waals surface area contributed by atoms with E-state index in [-0.39, 0.29) is 95.9 Å².